The minimum absolute atomic E-state index is 0.405. The van der Waals surface area contributed by atoms with Gasteiger partial charge in [0.2, 0.25) is 0 Å². The molecule has 1 atom stereocenters. The highest BCUT2D eigenvalue weighted by Crippen LogP contribution is 2.20. The van der Waals surface area contributed by atoms with E-state index in [1.54, 1.807) is 14.0 Å². The monoisotopic (exact) mass is 264 g/mol. The summed E-state index contributed by atoms with van der Waals surface area (Å²) in [4.78, 5) is 15.2. The second kappa shape index (κ2) is 5.93. The van der Waals surface area contributed by atoms with Gasteiger partial charge in [0.05, 0.1) is 7.11 Å². The third-order valence-electron chi connectivity index (χ3n) is 3.66. The van der Waals surface area contributed by atoms with Crippen LogP contribution in [0, 0.1) is 0 Å². The molecule has 1 aromatic rings. The SMILES string of the molecule is COc1ccc(N2CCN(C(C)C(=O)O)CC2)cc1. The maximum atomic E-state index is 11.0. The Labute approximate surface area is 113 Å². The molecule has 1 N–H and O–H groups in total. The number of carbonyl (C=O) groups is 1. The third kappa shape index (κ3) is 3.17. The minimum Gasteiger partial charge on any atom is -0.497 e. The number of ether oxygens (including phenoxy) is 1. The number of nitrogens with zero attached hydrogens (tertiary/aromatic N) is 2. The predicted octanol–water partition coefficient (Wildman–Crippen LogP) is 1.29. The Kier molecular flexibility index (Phi) is 4.27. The second-order valence-corrected chi connectivity index (χ2v) is 4.74. The number of hydrogen-bond acceptors (Lipinski definition) is 4. The largest absolute Gasteiger partial charge is 0.497 e. The van der Waals surface area contributed by atoms with Crippen LogP contribution in [0.5, 0.6) is 5.75 Å². The van der Waals surface area contributed by atoms with Crippen molar-refractivity contribution in [3.05, 3.63) is 24.3 Å². The maximum absolute atomic E-state index is 11.0. The highest BCUT2D eigenvalue weighted by molar-refractivity contribution is 5.72. The Morgan fingerprint density at radius 3 is 2.26 bits per heavy atom. The summed E-state index contributed by atoms with van der Waals surface area (Å²) in [6.07, 6.45) is 0. The number of rotatable bonds is 4. The fourth-order valence-electron chi connectivity index (χ4n) is 2.32. The summed E-state index contributed by atoms with van der Waals surface area (Å²) in [5.41, 5.74) is 1.16. The Morgan fingerprint density at radius 2 is 1.79 bits per heavy atom. The number of aliphatic carboxylic acids is 1. The predicted molar refractivity (Wildman–Crippen MR) is 73.9 cm³/mol. The molecule has 1 fully saturated rings. The van der Waals surface area contributed by atoms with E-state index in [0.717, 1.165) is 37.6 Å². The molecule has 5 heteroatoms. The summed E-state index contributed by atoms with van der Waals surface area (Å²) < 4.78 is 5.14. The molecule has 0 radical (unpaired) electrons. The van der Waals surface area contributed by atoms with Crippen LogP contribution in [-0.2, 0) is 4.79 Å². The molecule has 104 valence electrons. The summed E-state index contributed by atoms with van der Waals surface area (Å²) >= 11 is 0. The number of hydrogen-bond donors (Lipinski definition) is 1. The number of carboxylic acid groups (broad SMARTS) is 1. The number of methoxy groups -OCH3 is 1. The Bertz CT molecular complexity index is 425. The third-order valence-corrected chi connectivity index (χ3v) is 3.66. The van der Waals surface area contributed by atoms with Crippen molar-refractivity contribution >= 4 is 11.7 Å². The van der Waals surface area contributed by atoms with Crippen molar-refractivity contribution < 1.29 is 14.6 Å². The molecule has 0 spiro atoms. The fraction of sp³-hybridized carbons (Fsp3) is 0.500. The molecule has 1 aliphatic rings. The summed E-state index contributed by atoms with van der Waals surface area (Å²) in [5, 5.41) is 9.01. The zero-order valence-corrected chi connectivity index (χ0v) is 11.4. The van der Waals surface area contributed by atoms with Gasteiger partial charge in [0.15, 0.2) is 0 Å². The van der Waals surface area contributed by atoms with Gasteiger partial charge in [0.25, 0.3) is 0 Å². The molecule has 1 saturated heterocycles. The lowest BCUT2D eigenvalue weighted by Crippen LogP contribution is -2.51. The summed E-state index contributed by atoms with van der Waals surface area (Å²) in [5.74, 6) is 0.0970. The first-order valence-electron chi connectivity index (χ1n) is 6.47. The molecule has 1 heterocycles. The average Bonchev–Trinajstić information content (AvgIpc) is 2.46. The fourth-order valence-corrected chi connectivity index (χ4v) is 2.32. The molecular formula is C14H20N2O3. The average molecular weight is 264 g/mol. The van der Waals surface area contributed by atoms with Gasteiger partial charge in [-0.3, -0.25) is 9.69 Å². The highest BCUT2D eigenvalue weighted by Gasteiger charge is 2.25. The van der Waals surface area contributed by atoms with Crippen molar-refractivity contribution in [3.63, 3.8) is 0 Å². The molecule has 0 amide bonds. The van der Waals surface area contributed by atoms with Crippen LogP contribution >= 0.6 is 0 Å². The Balaban J connectivity index is 1.93. The van der Waals surface area contributed by atoms with E-state index in [-0.39, 0.29) is 0 Å². The van der Waals surface area contributed by atoms with Crippen LogP contribution in [-0.4, -0.2) is 55.3 Å². The van der Waals surface area contributed by atoms with Crippen LogP contribution in [0.2, 0.25) is 0 Å². The zero-order valence-electron chi connectivity index (χ0n) is 11.4. The Hall–Kier alpha value is -1.75. The Morgan fingerprint density at radius 1 is 1.21 bits per heavy atom. The molecule has 1 aromatic carbocycles. The number of carboxylic acids is 1. The number of piperazine rings is 1. The molecule has 0 bridgehead atoms. The van der Waals surface area contributed by atoms with Gasteiger partial charge in [0.1, 0.15) is 11.8 Å². The normalized spacial score (nSPS) is 18.1. The highest BCUT2D eigenvalue weighted by atomic mass is 16.5. The first-order chi connectivity index (χ1) is 9.11. The van der Waals surface area contributed by atoms with Crippen LogP contribution in [0.1, 0.15) is 6.92 Å². The van der Waals surface area contributed by atoms with Crippen molar-refractivity contribution in [2.75, 3.05) is 38.2 Å². The van der Waals surface area contributed by atoms with E-state index >= 15 is 0 Å². The quantitative estimate of drug-likeness (QED) is 0.888. The van der Waals surface area contributed by atoms with Crippen molar-refractivity contribution in [1.82, 2.24) is 4.90 Å². The maximum Gasteiger partial charge on any atom is 0.320 e. The van der Waals surface area contributed by atoms with Gasteiger partial charge < -0.3 is 14.7 Å². The van der Waals surface area contributed by atoms with E-state index in [4.69, 9.17) is 9.84 Å². The van der Waals surface area contributed by atoms with Gasteiger partial charge in [-0.1, -0.05) is 0 Å². The van der Waals surface area contributed by atoms with Crippen molar-refractivity contribution in [3.8, 4) is 5.75 Å². The topological polar surface area (TPSA) is 53.0 Å². The van der Waals surface area contributed by atoms with E-state index in [0.29, 0.717) is 0 Å². The molecule has 19 heavy (non-hydrogen) atoms. The van der Waals surface area contributed by atoms with Crippen molar-refractivity contribution in [1.29, 1.82) is 0 Å². The molecule has 2 rings (SSSR count). The lowest BCUT2D eigenvalue weighted by atomic mass is 10.2. The van der Waals surface area contributed by atoms with Crippen molar-refractivity contribution in [2.45, 2.75) is 13.0 Å². The first-order valence-corrected chi connectivity index (χ1v) is 6.47. The molecule has 5 nitrogen and oxygen atoms in total. The van der Waals surface area contributed by atoms with E-state index in [2.05, 4.69) is 4.90 Å². The molecular weight excluding hydrogens is 244 g/mol. The first kappa shape index (κ1) is 13.7. The van der Waals surface area contributed by atoms with Gasteiger partial charge in [-0.25, -0.2) is 0 Å². The van der Waals surface area contributed by atoms with Gasteiger partial charge in [-0.2, -0.15) is 0 Å². The van der Waals surface area contributed by atoms with E-state index in [1.807, 2.05) is 29.2 Å². The summed E-state index contributed by atoms with van der Waals surface area (Å²) in [6.45, 7) is 5.00. The van der Waals surface area contributed by atoms with E-state index < -0.39 is 12.0 Å². The summed E-state index contributed by atoms with van der Waals surface area (Å²) in [7, 11) is 1.65. The van der Waals surface area contributed by atoms with Crippen molar-refractivity contribution in [2.24, 2.45) is 0 Å². The molecule has 0 aromatic heterocycles. The second-order valence-electron chi connectivity index (χ2n) is 4.74. The van der Waals surface area contributed by atoms with Gasteiger partial charge >= 0.3 is 5.97 Å². The molecule has 1 unspecified atom stereocenters. The summed E-state index contributed by atoms with van der Waals surface area (Å²) in [6, 6.07) is 7.56. The standard InChI is InChI=1S/C14H20N2O3/c1-11(14(17)18)15-7-9-16(10-8-15)12-3-5-13(19-2)6-4-12/h3-6,11H,7-10H2,1-2H3,(H,17,18). The molecule has 1 aliphatic heterocycles. The van der Waals surface area contributed by atoms with Gasteiger partial charge in [-0.05, 0) is 31.2 Å². The van der Waals surface area contributed by atoms with E-state index in [9.17, 15) is 4.79 Å². The van der Waals surface area contributed by atoms with Crippen LogP contribution < -0.4 is 9.64 Å². The smallest absolute Gasteiger partial charge is 0.320 e. The number of benzene rings is 1. The number of anilines is 1. The van der Waals surface area contributed by atoms with Gasteiger partial charge in [-0.15, -0.1) is 0 Å². The molecule has 0 aliphatic carbocycles. The van der Waals surface area contributed by atoms with Gasteiger partial charge in [0, 0.05) is 31.9 Å². The van der Waals surface area contributed by atoms with E-state index in [1.165, 1.54) is 0 Å². The van der Waals surface area contributed by atoms with Crippen LogP contribution in [0.3, 0.4) is 0 Å². The lowest BCUT2D eigenvalue weighted by Gasteiger charge is -2.37. The molecule has 0 saturated carbocycles. The minimum atomic E-state index is -0.752. The van der Waals surface area contributed by atoms with Crippen LogP contribution in [0.15, 0.2) is 24.3 Å². The van der Waals surface area contributed by atoms with Crippen LogP contribution in [0.25, 0.3) is 0 Å². The lowest BCUT2D eigenvalue weighted by molar-refractivity contribution is -0.142. The zero-order chi connectivity index (χ0) is 13.8. The van der Waals surface area contributed by atoms with Crippen LogP contribution in [0.4, 0.5) is 5.69 Å².